The number of benzene rings is 4. The van der Waals surface area contributed by atoms with Crippen molar-refractivity contribution < 1.29 is 22.7 Å². The molecular formula is C31H31N3O5S. The predicted molar refractivity (Wildman–Crippen MR) is 157 cm³/mol. The Balaban J connectivity index is 1.49. The lowest BCUT2D eigenvalue weighted by molar-refractivity contribution is 0.0955. The highest BCUT2D eigenvalue weighted by molar-refractivity contribution is 7.92. The SMILES string of the molecule is CCOc1cc(/C=N/NC(=O)c2ccccc2N(Cc2ccccc2)S(C)(=O)=O)ccc1OCc1ccccc1. The summed E-state index contributed by atoms with van der Waals surface area (Å²) in [5.41, 5.74) is 5.47. The Bertz CT molecular complexity index is 1560. The maximum absolute atomic E-state index is 13.1. The predicted octanol–water partition coefficient (Wildman–Crippen LogP) is 5.39. The van der Waals surface area contributed by atoms with Crippen molar-refractivity contribution >= 4 is 27.8 Å². The number of nitrogens with one attached hydrogen (secondary N) is 1. The lowest BCUT2D eigenvalue weighted by Gasteiger charge is -2.24. The van der Waals surface area contributed by atoms with E-state index in [-0.39, 0.29) is 17.8 Å². The Morgan fingerprint density at radius 1 is 0.850 bits per heavy atom. The van der Waals surface area contributed by atoms with E-state index in [9.17, 15) is 13.2 Å². The molecule has 1 amide bonds. The highest BCUT2D eigenvalue weighted by atomic mass is 32.2. The number of hydrazone groups is 1. The van der Waals surface area contributed by atoms with Gasteiger partial charge in [0.1, 0.15) is 6.61 Å². The van der Waals surface area contributed by atoms with E-state index in [1.165, 1.54) is 10.5 Å². The molecule has 0 unspecified atom stereocenters. The number of ether oxygens (including phenoxy) is 2. The molecule has 0 bridgehead atoms. The molecule has 0 aliphatic heterocycles. The summed E-state index contributed by atoms with van der Waals surface area (Å²) in [7, 11) is -3.68. The molecule has 0 saturated heterocycles. The number of anilines is 1. The minimum Gasteiger partial charge on any atom is -0.490 e. The van der Waals surface area contributed by atoms with Gasteiger partial charge in [-0.3, -0.25) is 9.10 Å². The molecule has 8 nitrogen and oxygen atoms in total. The van der Waals surface area contributed by atoms with Crippen molar-refractivity contribution in [1.82, 2.24) is 5.43 Å². The summed E-state index contributed by atoms with van der Waals surface area (Å²) in [5, 5.41) is 4.10. The number of amides is 1. The van der Waals surface area contributed by atoms with Crippen LogP contribution in [0.25, 0.3) is 0 Å². The highest BCUT2D eigenvalue weighted by Crippen LogP contribution is 2.29. The first-order valence-corrected chi connectivity index (χ1v) is 14.6. The van der Waals surface area contributed by atoms with Crippen LogP contribution in [0.15, 0.2) is 108 Å². The van der Waals surface area contributed by atoms with Crippen LogP contribution in [-0.2, 0) is 23.2 Å². The van der Waals surface area contributed by atoms with Gasteiger partial charge in [0.25, 0.3) is 5.91 Å². The second-order valence-electron chi connectivity index (χ2n) is 8.88. The van der Waals surface area contributed by atoms with E-state index >= 15 is 0 Å². The maximum Gasteiger partial charge on any atom is 0.273 e. The molecule has 4 aromatic rings. The standard InChI is InChI=1S/C31H31N3O5S/c1-3-38-30-20-26(18-19-29(30)39-23-25-14-8-5-9-15-25)21-32-33-31(35)27-16-10-11-17-28(27)34(40(2,36)37)22-24-12-6-4-7-13-24/h4-21H,3,22-23H2,1-2H3,(H,33,35)/b32-21+. The third-order valence-corrected chi connectivity index (χ3v) is 7.00. The van der Waals surface area contributed by atoms with E-state index in [1.807, 2.05) is 67.6 Å². The Labute approximate surface area is 234 Å². The van der Waals surface area contributed by atoms with Crippen LogP contribution in [0, 0.1) is 0 Å². The number of sulfonamides is 1. The number of carbonyl (C=O) groups excluding carboxylic acids is 1. The monoisotopic (exact) mass is 557 g/mol. The first kappa shape index (κ1) is 28.4. The maximum atomic E-state index is 13.1. The molecule has 0 aromatic heterocycles. The molecule has 206 valence electrons. The third kappa shape index (κ3) is 7.70. The molecule has 0 heterocycles. The van der Waals surface area contributed by atoms with Crippen LogP contribution in [0.4, 0.5) is 5.69 Å². The summed E-state index contributed by atoms with van der Waals surface area (Å²) >= 11 is 0. The van der Waals surface area contributed by atoms with Gasteiger partial charge in [-0.05, 0) is 53.9 Å². The summed E-state index contributed by atoms with van der Waals surface area (Å²) < 4.78 is 38.3. The summed E-state index contributed by atoms with van der Waals surface area (Å²) in [5.74, 6) is 0.616. The van der Waals surface area contributed by atoms with Gasteiger partial charge in [0.15, 0.2) is 11.5 Å². The zero-order valence-electron chi connectivity index (χ0n) is 22.4. The van der Waals surface area contributed by atoms with Crippen LogP contribution in [-0.4, -0.2) is 33.4 Å². The van der Waals surface area contributed by atoms with Crippen LogP contribution in [0.3, 0.4) is 0 Å². The number of hydrogen-bond acceptors (Lipinski definition) is 6. The topological polar surface area (TPSA) is 97.3 Å². The Hall–Kier alpha value is -4.63. The van der Waals surface area contributed by atoms with Crippen LogP contribution in [0.2, 0.25) is 0 Å². The van der Waals surface area contributed by atoms with Crippen LogP contribution in [0.5, 0.6) is 11.5 Å². The second-order valence-corrected chi connectivity index (χ2v) is 10.8. The van der Waals surface area contributed by atoms with Gasteiger partial charge in [-0.25, -0.2) is 13.8 Å². The first-order chi connectivity index (χ1) is 19.3. The van der Waals surface area contributed by atoms with Gasteiger partial charge in [0.2, 0.25) is 10.0 Å². The zero-order chi connectivity index (χ0) is 28.4. The van der Waals surface area contributed by atoms with Crippen molar-refractivity contribution in [3.8, 4) is 11.5 Å². The molecule has 0 radical (unpaired) electrons. The minimum atomic E-state index is -3.68. The smallest absolute Gasteiger partial charge is 0.273 e. The highest BCUT2D eigenvalue weighted by Gasteiger charge is 2.23. The first-order valence-electron chi connectivity index (χ1n) is 12.7. The van der Waals surface area contributed by atoms with Gasteiger partial charge in [0.05, 0.1) is 36.9 Å². The van der Waals surface area contributed by atoms with Crippen LogP contribution < -0.4 is 19.2 Å². The Morgan fingerprint density at radius 2 is 1.50 bits per heavy atom. The van der Waals surface area contributed by atoms with Crippen molar-refractivity contribution in [2.45, 2.75) is 20.1 Å². The van der Waals surface area contributed by atoms with Crippen molar-refractivity contribution in [1.29, 1.82) is 0 Å². The molecule has 4 rings (SSSR count). The summed E-state index contributed by atoms with van der Waals surface area (Å²) in [6, 6.07) is 30.9. The number of carbonyl (C=O) groups is 1. The average molecular weight is 558 g/mol. The normalized spacial score (nSPS) is 11.2. The third-order valence-electron chi connectivity index (χ3n) is 5.87. The van der Waals surface area contributed by atoms with Crippen molar-refractivity contribution in [3.05, 3.63) is 125 Å². The van der Waals surface area contributed by atoms with Crippen LogP contribution in [0.1, 0.15) is 34.0 Å². The zero-order valence-corrected chi connectivity index (χ0v) is 23.2. The minimum absolute atomic E-state index is 0.0894. The molecule has 0 aliphatic carbocycles. The summed E-state index contributed by atoms with van der Waals surface area (Å²) in [6.07, 6.45) is 2.61. The van der Waals surface area contributed by atoms with Crippen molar-refractivity contribution in [2.75, 3.05) is 17.2 Å². The number of hydrogen-bond donors (Lipinski definition) is 1. The van der Waals surface area contributed by atoms with Gasteiger partial charge < -0.3 is 9.47 Å². The lowest BCUT2D eigenvalue weighted by Crippen LogP contribution is -2.32. The molecule has 0 atom stereocenters. The van der Waals surface area contributed by atoms with E-state index in [1.54, 1.807) is 42.5 Å². The molecule has 1 N–H and O–H groups in total. The second kappa shape index (κ2) is 13.4. The average Bonchev–Trinajstić information content (AvgIpc) is 2.96. The Kier molecular flexibility index (Phi) is 9.53. The van der Waals surface area contributed by atoms with E-state index < -0.39 is 15.9 Å². The summed E-state index contributed by atoms with van der Waals surface area (Å²) in [6.45, 7) is 2.83. The fraction of sp³-hybridized carbons (Fsp3) is 0.161. The fourth-order valence-corrected chi connectivity index (χ4v) is 4.87. The van der Waals surface area contributed by atoms with Crippen molar-refractivity contribution in [3.63, 3.8) is 0 Å². The molecule has 9 heteroatoms. The van der Waals surface area contributed by atoms with E-state index in [0.717, 1.165) is 17.4 Å². The molecular weight excluding hydrogens is 526 g/mol. The largest absolute Gasteiger partial charge is 0.490 e. The summed E-state index contributed by atoms with van der Waals surface area (Å²) in [4.78, 5) is 13.1. The van der Waals surface area contributed by atoms with Gasteiger partial charge in [-0.1, -0.05) is 72.8 Å². The van der Waals surface area contributed by atoms with Gasteiger partial charge in [-0.2, -0.15) is 5.10 Å². The molecule has 0 fully saturated rings. The number of rotatable bonds is 12. The van der Waals surface area contributed by atoms with E-state index in [4.69, 9.17) is 9.47 Å². The fourth-order valence-electron chi connectivity index (χ4n) is 3.97. The van der Waals surface area contributed by atoms with Gasteiger partial charge >= 0.3 is 0 Å². The number of para-hydroxylation sites is 1. The van der Waals surface area contributed by atoms with Crippen LogP contribution >= 0.6 is 0 Å². The van der Waals surface area contributed by atoms with Crippen molar-refractivity contribution in [2.24, 2.45) is 5.10 Å². The lowest BCUT2D eigenvalue weighted by atomic mass is 10.1. The Morgan fingerprint density at radius 3 is 2.17 bits per heavy atom. The molecule has 0 spiro atoms. The quantitative estimate of drug-likeness (QED) is 0.186. The number of nitrogens with zero attached hydrogens (tertiary/aromatic N) is 2. The van der Waals surface area contributed by atoms with Gasteiger partial charge in [0, 0.05) is 0 Å². The molecule has 40 heavy (non-hydrogen) atoms. The molecule has 0 aliphatic rings. The van der Waals surface area contributed by atoms with Gasteiger partial charge in [-0.15, -0.1) is 0 Å². The molecule has 4 aromatic carbocycles. The molecule has 0 saturated carbocycles. The van der Waals surface area contributed by atoms with E-state index in [0.29, 0.717) is 30.3 Å². The van der Waals surface area contributed by atoms with E-state index in [2.05, 4.69) is 10.5 Å².